The zero-order valence-corrected chi connectivity index (χ0v) is 26.0. The average molecular weight is 608 g/mol. The van der Waals surface area contributed by atoms with Crippen LogP contribution in [0.5, 0.6) is 0 Å². The normalized spacial score (nSPS) is 17.8. The molecule has 2 atom stereocenters. The first-order chi connectivity index (χ1) is 20.4. The van der Waals surface area contributed by atoms with Crippen molar-refractivity contribution in [3.05, 3.63) is 87.2 Å². The van der Waals surface area contributed by atoms with Crippen LogP contribution in [0.15, 0.2) is 52.4 Å². The molecule has 226 valence electrons. The number of carbonyl (C=O) groups is 1. The first-order valence-corrected chi connectivity index (χ1v) is 15.5. The summed E-state index contributed by atoms with van der Waals surface area (Å²) in [4.78, 5) is 30.0. The summed E-state index contributed by atoms with van der Waals surface area (Å²) in [6.45, 7) is 10.9. The van der Waals surface area contributed by atoms with E-state index in [9.17, 15) is 14.0 Å². The molecule has 1 amide bonds. The number of amides is 1. The van der Waals surface area contributed by atoms with Gasteiger partial charge in [-0.2, -0.15) is 5.10 Å². The summed E-state index contributed by atoms with van der Waals surface area (Å²) in [7, 11) is 0. The monoisotopic (exact) mass is 607 g/mol. The number of imidazole rings is 1. The number of hydrogen-bond donors (Lipinski definition) is 0. The number of aryl methyl sites for hydroxylation is 2. The fraction of sp³-hybridized carbons (Fsp3) is 0.406. The summed E-state index contributed by atoms with van der Waals surface area (Å²) < 4.78 is 40.1. The summed E-state index contributed by atoms with van der Waals surface area (Å²) in [5, 5.41) is 4.96. The van der Waals surface area contributed by atoms with Gasteiger partial charge in [-0.3, -0.25) is 14.0 Å². The highest BCUT2D eigenvalue weighted by Crippen LogP contribution is 2.47. The van der Waals surface area contributed by atoms with Crippen molar-refractivity contribution in [3.63, 3.8) is 0 Å². The lowest BCUT2D eigenvalue weighted by Crippen LogP contribution is -2.44. The number of benzene rings is 2. The second-order valence-corrected chi connectivity index (χ2v) is 13.5. The molecule has 43 heavy (non-hydrogen) atoms. The Labute approximate surface area is 253 Å². The first-order valence-electron chi connectivity index (χ1n) is 14.5. The first kappa shape index (κ1) is 29.2. The van der Waals surface area contributed by atoms with Gasteiger partial charge in [0.25, 0.3) is 0 Å². The van der Waals surface area contributed by atoms with Crippen molar-refractivity contribution in [3.8, 4) is 17.2 Å². The minimum Gasteiger partial charge on any atom is -0.444 e. The third kappa shape index (κ3) is 5.07. The van der Waals surface area contributed by atoms with Gasteiger partial charge in [0, 0.05) is 35.3 Å². The molecule has 0 N–H and O–H groups in total. The van der Waals surface area contributed by atoms with Gasteiger partial charge in [-0.05, 0) is 94.7 Å². The molecule has 2 aromatic carbocycles. The Hall–Kier alpha value is -3.86. The molecule has 0 aliphatic carbocycles. The molecule has 6 rings (SSSR count). The molecule has 1 saturated heterocycles. The van der Waals surface area contributed by atoms with E-state index in [1.807, 2.05) is 27.7 Å². The number of aromatic nitrogens is 4. The minimum atomic E-state index is -0.670. The molecule has 0 saturated carbocycles. The second-order valence-electron chi connectivity index (χ2n) is 12.2. The molecule has 2 aromatic heterocycles. The standard InChI is InChI=1S/C32H35F2N5O3S/c1-7-43-22-9-11-25(23(33)17-22)36-12-13-37(30(36)40)29-27-24(35-39(29)21-14-18(2)28(34)19(3)15-21)16-20-8-10-26(27)38(20)31(41)42-32(4,5)6/h9,11-15,17,20,26H,7-8,10,16H2,1-6H3/t20-,26+/m1/s1. The predicted octanol–water partition coefficient (Wildman–Crippen LogP) is 6.82. The number of hydrogen-bond acceptors (Lipinski definition) is 5. The maximum absolute atomic E-state index is 15.2. The van der Waals surface area contributed by atoms with E-state index < -0.39 is 23.2 Å². The van der Waals surface area contributed by atoms with Crippen LogP contribution in [-0.4, -0.2) is 47.3 Å². The van der Waals surface area contributed by atoms with Crippen molar-refractivity contribution >= 4 is 17.9 Å². The van der Waals surface area contributed by atoms with Crippen molar-refractivity contribution in [2.45, 2.75) is 83.4 Å². The Balaban J connectivity index is 1.54. The molecule has 4 aromatic rings. The van der Waals surface area contributed by atoms with Crippen molar-refractivity contribution in [1.82, 2.24) is 23.8 Å². The van der Waals surface area contributed by atoms with Crippen LogP contribution in [0.2, 0.25) is 0 Å². The van der Waals surface area contributed by atoms with Crippen molar-refractivity contribution in [1.29, 1.82) is 0 Å². The highest BCUT2D eigenvalue weighted by atomic mass is 32.2. The number of thioether (sulfide) groups is 1. The van der Waals surface area contributed by atoms with Crippen LogP contribution in [-0.2, 0) is 11.2 Å². The lowest BCUT2D eigenvalue weighted by Gasteiger charge is -2.35. The van der Waals surface area contributed by atoms with E-state index in [0.717, 1.165) is 28.3 Å². The quantitative estimate of drug-likeness (QED) is 0.233. The van der Waals surface area contributed by atoms with E-state index >= 15 is 4.39 Å². The van der Waals surface area contributed by atoms with Crippen molar-refractivity contribution in [2.24, 2.45) is 0 Å². The molecule has 2 aliphatic heterocycles. The number of fused-ring (bicyclic) bond motifs is 4. The molecule has 4 heterocycles. The van der Waals surface area contributed by atoms with Crippen LogP contribution >= 0.6 is 11.8 Å². The summed E-state index contributed by atoms with van der Waals surface area (Å²) >= 11 is 1.52. The Bertz CT molecular complexity index is 1780. The summed E-state index contributed by atoms with van der Waals surface area (Å²) in [6, 6.07) is 7.76. The maximum atomic E-state index is 15.2. The SMILES string of the molecule is CCSc1ccc(-n2ccn(-c3c4c(nn3-c3cc(C)c(F)c(C)c3)C[C@H]3CC[C@@H]4N3C(=O)OC(C)(C)C)c2=O)c(F)c1. The summed E-state index contributed by atoms with van der Waals surface area (Å²) in [5.74, 6) is 0.436. The van der Waals surface area contributed by atoms with Crippen LogP contribution < -0.4 is 5.69 Å². The van der Waals surface area contributed by atoms with Crippen LogP contribution in [0.3, 0.4) is 0 Å². The number of carbonyl (C=O) groups excluding carboxylic acids is 1. The van der Waals surface area contributed by atoms with Gasteiger partial charge in [-0.1, -0.05) is 6.92 Å². The van der Waals surface area contributed by atoms with E-state index in [2.05, 4.69) is 0 Å². The maximum Gasteiger partial charge on any atom is 0.411 e. The van der Waals surface area contributed by atoms with E-state index in [1.165, 1.54) is 33.2 Å². The molecule has 0 radical (unpaired) electrons. The fourth-order valence-corrected chi connectivity index (χ4v) is 6.94. The number of ether oxygens (including phenoxy) is 1. The van der Waals surface area contributed by atoms with Crippen LogP contribution in [0.1, 0.15) is 69.0 Å². The van der Waals surface area contributed by atoms with E-state index in [0.29, 0.717) is 35.5 Å². The Kier molecular flexibility index (Phi) is 7.27. The van der Waals surface area contributed by atoms with Crippen molar-refractivity contribution < 1.29 is 18.3 Å². The molecule has 2 aliphatic rings. The predicted molar refractivity (Wildman–Crippen MR) is 162 cm³/mol. The highest BCUT2D eigenvalue weighted by molar-refractivity contribution is 7.99. The van der Waals surface area contributed by atoms with E-state index in [-0.39, 0.29) is 23.6 Å². The third-order valence-electron chi connectivity index (χ3n) is 8.00. The van der Waals surface area contributed by atoms with Gasteiger partial charge in [0.05, 0.1) is 23.1 Å². The Morgan fingerprint density at radius 2 is 1.77 bits per heavy atom. The van der Waals surface area contributed by atoms with Gasteiger partial charge in [0.2, 0.25) is 0 Å². The summed E-state index contributed by atoms with van der Waals surface area (Å²) in [6.07, 6.45) is 4.66. The second kappa shape index (κ2) is 10.7. The molecular weight excluding hydrogens is 572 g/mol. The average Bonchev–Trinajstić information content (AvgIpc) is 3.59. The largest absolute Gasteiger partial charge is 0.444 e. The Morgan fingerprint density at radius 1 is 1.07 bits per heavy atom. The number of rotatable bonds is 5. The molecular formula is C32H35F2N5O3S. The van der Waals surface area contributed by atoms with E-state index in [4.69, 9.17) is 9.84 Å². The zero-order valence-electron chi connectivity index (χ0n) is 25.1. The molecule has 2 bridgehead atoms. The minimum absolute atomic E-state index is 0.0878. The van der Waals surface area contributed by atoms with Gasteiger partial charge >= 0.3 is 11.8 Å². The number of nitrogens with zero attached hydrogens (tertiary/aromatic N) is 5. The van der Waals surface area contributed by atoms with Gasteiger partial charge in [-0.25, -0.2) is 23.1 Å². The Morgan fingerprint density at radius 3 is 2.42 bits per heavy atom. The van der Waals surface area contributed by atoms with Crippen LogP contribution in [0, 0.1) is 25.5 Å². The third-order valence-corrected chi connectivity index (χ3v) is 8.88. The fourth-order valence-electron chi connectivity index (χ4n) is 6.26. The van der Waals surface area contributed by atoms with Gasteiger partial charge in [-0.15, -0.1) is 11.8 Å². The lowest BCUT2D eigenvalue weighted by molar-refractivity contribution is 0.0124. The van der Waals surface area contributed by atoms with E-state index in [1.54, 1.807) is 53.9 Å². The van der Waals surface area contributed by atoms with Crippen LogP contribution in [0.25, 0.3) is 17.2 Å². The smallest absolute Gasteiger partial charge is 0.411 e. The summed E-state index contributed by atoms with van der Waals surface area (Å²) in [5.41, 5.74) is 1.98. The zero-order chi connectivity index (χ0) is 30.8. The van der Waals surface area contributed by atoms with Gasteiger partial charge in [0.1, 0.15) is 23.1 Å². The number of halogens is 2. The molecule has 0 unspecified atom stereocenters. The van der Waals surface area contributed by atoms with Crippen molar-refractivity contribution in [2.75, 3.05) is 5.75 Å². The molecule has 11 heteroatoms. The lowest BCUT2D eigenvalue weighted by atomic mass is 9.99. The van der Waals surface area contributed by atoms with Gasteiger partial charge < -0.3 is 4.74 Å². The van der Waals surface area contributed by atoms with Crippen LogP contribution in [0.4, 0.5) is 13.6 Å². The highest BCUT2D eigenvalue weighted by Gasteiger charge is 2.48. The topological polar surface area (TPSA) is 74.3 Å². The molecule has 8 nitrogen and oxygen atoms in total. The molecule has 1 fully saturated rings. The molecule has 0 spiro atoms. The van der Waals surface area contributed by atoms with Gasteiger partial charge in [0.15, 0.2) is 0 Å².